The van der Waals surface area contributed by atoms with E-state index < -0.39 is 0 Å². The van der Waals surface area contributed by atoms with Crippen LogP contribution in [0.15, 0.2) is 39.9 Å². The van der Waals surface area contributed by atoms with Crippen LogP contribution in [-0.4, -0.2) is 13.9 Å². The normalized spacial score (nSPS) is 48.0. The lowest BCUT2D eigenvalue weighted by atomic mass is 9.10. The van der Waals surface area contributed by atoms with Gasteiger partial charge in [0.1, 0.15) is 0 Å². The van der Waals surface area contributed by atoms with Gasteiger partial charge < -0.3 is 0 Å². The fourth-order valence-electron chi connectivity index (χ4n) is 7.16. The number of hydrogen-bond donors (Lipinski definition) is 0. The first-order valence-corrected chi connectivity index (χ1v) is 8.16. The molecule has 2 bridgehead atoms. The molecule has 2 aliphatic heterocycles. The monoisotopic (exact) mass is 304 g/mol. The molecule has 0 unspecified atom stereocenters. The molecule has 0 amide bonds. The first-order chi connectivity index (χ1) is 11.2. The third-order valence-electron chi connectivity index (χ3n) is 7.62. The van der Waals surface area contributed by atoms with E-state index >= 15 is 0 Å². The van der Waals surface area contributed by atoms with Crippen LogP contribution in [0.5, 0.6) is 0 Å². The van der Waals surface area contributed by atoms with Gasteiger partial charge in [-0.3, -0.25) is 0 Å². The molecule has 4 atom stereocenters. The fourth-order valence-corrected chi connectivity index (χ4v) is 7.16. The lowest BCUT2D eigenvalue weighted by Crippen LogP contribution is -2.96. The van der Waals surface area contributed by atoms with Gasteiger partial charge in [0.15, 0.2) is 0 Å². The molecule has 6 heteroatoms. The molecule has 2 aromatic rings. The molecule has 3 heterocycles. The average molecular weight is 304 g/mol. The Bertz CT molecular complexity index is 1060. The Balaban J connectivity index is 1.53. The molecule has 6 aliphatic rings. The fraction of sp³-hybridized carbons (Fsp3) is 0.471. The second-order valence-electron chi connectivity index (χ2n) is 7.68. The van der Waals surface area contributed by atoms with Crippen molar-refractivity contribution in [2.24, 2.45) is 35.0 Å². The third kappa shape index (κ3) is 0.724. The Morgan fingerprint density at radius 2 is 1.52 bits per heavy atom. The van der Waals surface area contributed by atoms with Gasteiger partial charge in [-0.2, -0.15) is 5.26 Å². The molecule has 4 fully saturated rings. The summed E-state index contributed by atoms with van der Waals surface area (Å²) in [5, 5.41) is 9.58. The van der Waals surface area contributed by atoms with E-state index in [9.17, 15) is 14.9 Å². The maximum atomic E-state index is 12.9. The van der Waals surface area contributed by atoms with Gasteiger partial charge in [-0.15, -0.1) is 0 Å². The van der Waals surface area contributed by atoms with Crippen LogP contribution in [0.25, 0.3) is 5.69 Å². The predicted molar refractivity (Wildman–Crippen MR) is 77.9 cm³/mol. The van der Waals surface area contributed by atoms with Crippen molar-refractivity contribution in [1.82, 2.24) is 13.9 Å². The van der Waals surface area contributed by atoms with Crippen molar-refractivity contribution < 1.29 is 0 Å². The van der Waals surface area contributed by atoms with E-state index in [0.717, 1.165) is 0 Å². The van der Waals surface area contributed by atoms with Gasteiger partial charge in [0, 0.05) is 11.8 Å². The molecule has 1 aromatic carbocycles. The van der Waals surface area contributed by atoms with E-state index in [1.807, 2.05) is 18.2 Å². The summed E-state index contributed by atoms with van der Waals surface area (Å²) >= 11 is 0. The highest BCUT2D eigenvalue weighted by molar-refractivity contribution is 5.48. The molecule has 0 saturated heterocycles. The molecule has 8 rings (SSSR count). The number of aromatic nitrogens is 3. The molecule has 0 N–H and O–H groups in total. The highest BCUT2D eigenvalue weighted by atomic mass is 16.2. The van der Waals surface area contributed by atoms with Crippen molar-refractivity contribution in [2.45, 2.75) is 12.1 Å². The van der Waals surface area contributed by atoms with Gasteiger partial charge >= 0.3 is 11.4 Å². The zero-order valence-electron chi connectivity index (χ0n) is 12.0. The van der Waals surface area contributed by atoms with Crippen LogP contribution < -0.4 is 11.4 Å². The maximum Gasteiger partial charge on any atom is 0.352 e. The van der Waals surface area contributed by atoms with Crippen LogP contribution in [0.2, 0.25) is 0 Å². The Hall–Kier alpha value is -2.55. The van der Waals surface area contributed by atoms with Crippen LogP contribution in [0.3, 0.4) is 0 Å². The highest BCUT2D eigenvalue weighted by Crippen LogP contribution is 2.97. The maximum absolute atomic E-state index is 12.9. The van der Waals surface area contributed by atoms with Gasteiger partial charge in [0.25, 0.3) is 0 Å². The average Bonchev–Trinajstić information content (AvgIpc) is 2.80. The van der Waals surface area contributed by atoms with Gasteiger partial charge in [-0.25, -0.2) is 23.5 Å². The molecule has 1 aromatic heterocycles. The number of nitrogens with zero attached hydrogens (tertiary/aromatic N) is 4. The molecule has 6 nitrogen and oxygen atoms in total. The van der Waals surface area contributed by atoms with Crippen LogP contribution in [0, 0.1) is 46.3 Å². The summed E-state index contributed by atoms with van der Waals surface area (Å²) in [5.74, 6) is 2.03. The summed E-state index contributed by atoms with van der Waals surface area (Å²) in [6.45, 7) is 0. The SMILES string of the molecule is N#CC12C3[C@@H]4C5[C@@H]3[C@@H]1C([C@@H]42)n1c(=O)n(-c2ccccc2)c(=O)n15. The summed E-state index contributed by atoms with van der Waals surface area (Å²) < 4.78 is 4.70. The largest absolute Gasteiger partial charge is 0.352 e. The first-order valence-electron chi connectivity index (χ1n) is 8.16. The van der Waals surface area contributed by atoms with Crippen molar-refractivity contribution in [3.8, 4) is 11.8 Å². The number of benzene rings is 1. The van der Waals surface area contributed by atoms with E-state index in [0.29, 0.717) is 35.3 Å². The quantitative estimate of drug-likeness (QED) is 0.772. The zero-order valence-corrected chi connectivity index (χ0v) is 12.0. The Labute approximate surface area is 130 Å². The van der Waals surface area contributed by atoms with Crippen molar-refractivity contribution in [1.29, 1.82) is 5.26 Å². The standard InChI is InChI=1S/C17H12N4O2/c18-6-17-10-8-11(17)14-12(17)9(10)13(8)20-15(22)19(16(23)21(14)20)7-4-2-1-3-5-7/h1-5,8-14H/t8-,9-,10?,11+,12+,13?,14?,17?/m0/s1. The summed E-state index contributed by atoms with van der Waals surface area (Å²) in [6, 6.07) is 11.9. The molecule has 0 spiro atoms. The molecular weight excluding hydrogens is 292 g/mol. The predicted octanol–water partition coefficient (Wildman–Crippen LogP) is 0.542. The summed E-state index contributed by atoms with van der Waals surface area (Å²) in [5.41, 5.74) is 0.0235. The Morgan fingerprint density at radius 1 is 0.913 bits per heavy atom. The molecule has 4 aliphatic carbocycles. The number of para-hydroxylation sites is 1. The zero-order chi connectivity index (χ0) is 15.2. The van der Waals surface area contributed by atoms with Gasteiger partial charge in [-0.05, 0) is 29.9 Å². The lowest BCUT2D eigenvalue weighted by molar-refractivity contribution is -0.486. The van der Waals surface area contributed by atoms with Gasteiger partial charge in [0.2, 0.25) is 0 Å². The summed E-state index contributed by atoms with van der Waals surface area (Å²) in [6.07, 6.45) is 0. The number of nitriles is 1. The van der Waals surface area contributed by atoms with Crippen LogP contribution in [0.1, 0.15) is 12.1 Å². The van der Waals surface area contributed by atoms with E-state index in [4.69, 9.17) is 0 Å². The van der Waals surface area contributed by atoms with E-state index in [-0.39, 0.29) is 28.9 Å². The van der Waals surface area contributed by atoms with Gasteiger partial charge in [0.05, 0.1) is 29.3 Å². The minimum Gasteiger partial charge on any atom is -0.245 e. The number of hydrogen-bond acceptors (Lipinski definition) is 3. The Kier molecular flexibility index (Phi) is 1.36. The summed E-state index contributed by atoms with van der Waals surface area (Å²) in [4.78, 5) is 25.8. The van der Waals surface area contributed by atoms with Crippen molar-refractivity contribution in [3.05, 3.63) is 51.3 Å². The first kappa shape index (κ1) is 11.1. The highest BCUT2D eigenvalue weighted by Gasteiger charge is 2.98. The van der Waals surface area contributed by atoms with Crippen molar-refractivity contribution >= 4 is 0 Å². The smallest absolute Gasteiger partial charge is 0.245 e. The molecular formula is C17H12N4O2. The minimum absolute atomic E-state index is 0.0739. The lowest BCUT2D eigenvalue weighted by Gasteiger charge is -2.94. The van der Waals surface area contributed by atoms with Gasteiger partial charge in [-0.1, -0.05) is 18.2 Å². The second-order valence-corrected chi connectivity index (χ2v) is 7.68. The topological polar surface area (TPSA) is 72.7 Å². The molecule has 4 saturated carbocycles. The molecule has 112 valence electrons. The van der Waals surface area contributed by atoms with E-state index in [1.54, 1.807) is 21.5 Å². The molecule has 23 heavy (non-hydrogen) atoms. The van der Waals surface area contributed by atoms with Crippen LogP contribution in [0.4, 0.5) is 0 Å². The molecule has 0 radical (unpaired) electrons. The number of rotatable bonds is 1. The van der Waals surface area contributed by atoms with E-state index in [2.05, 4.69) is 6.07 Å². The van der Waals surface area contributed by atoms with Crippen molar-refractivity contribution in [3.63, 3.8) is 0 Å². The summed E-state index contributed by atoms with van der Waals surface area (Å²) in [7, 11) is 0. The van der Waals surface area contributed by atoms with Crippen LogP contribution >= 0.6 is 0 Å². The Morgan fingerprint density at radius 3 is 2.13 bits per heavy atom. The third-order valence-corrected chi connectivity index (χ3v) is 7.62. The van der Waals surface area contributed by atoms with E-state index in [1.165, 1.54) is 4.57 Å². The second kappa shape index (κ2) is 2.82. The minimum atomic E-state index is -0.241. The van der Waals surface area contributed by atoms with Crippen molar-refractivity contribution in [2.75, 3.05) is 0 Å². The van der Waals surface area contributed by atoms with Crippen LogP contribution in [-0.2, 0) is 0 Å².